The molecule has 32 heavy (non-hydrogen) atoms. The number of hydrogen-bond acceptors (Lipinski definition) is 3. The molecule has 0 spiro atoms. The lowest BCUT2D eigenvalue weighted by Gasteiger charge is -2.26. The topological polar surface area (TPSA) is 77.2 Å². The number of nitrogens with one attached hydrogen (secondary N) is 3. The molecule has 1 atom stereocenters. The Balaban J connectivity index is 1.41. The standard InChI is InChI=1S/C26H24N4O2/c1-17-24(21-13-7-8-14-22(21)27-17)25-19-11-5-6-12-20(19)26(32)30(25)16-15-23(31)29-28-18-9-3-2-4-10-18/h2-14,25,27-28H,15-16H2,1H3,(H,29,31)/t25-/m0/s1. The summed E-state index contributed by atoms with van der Waals surface area (Å²) in [7, 11) is 0. The Bertz CT molecular complexity index is 1300. The molecule has 0 unspecified atom stereocenters. The molecule has 3 aromatic carbocycles. The number of amides is 2. The monoisotopic (exact) mass is 424 g/mol. The molecule has 1 aliphatic rings. The predicted octanol–water partition coefficient (Wildman–Crippen LogP) is 4.55. The van der Waals surface area contributed by atoms with Crippen molar-refractivity contribution < 1.29 is 9.59 Å². The van der Waals surface area contributed by atoms with Crippen molar-refractivity contribution in [2.45, 2.75) is 19.4 Å². The minimum Gasteiger partial charge on any atom is -0.358 e. The average Bonchev–Trinajstić information content (AvgIpc) is 3.29. The van der Waals surface area contributed by atoms with E-state index in [4.69, 9.17) is 0 Å². The summed E-state index contributed by atoms with van der Waals surface area (Å²) < 4.78 is 0. The number of aromatic amines is 1. The number of nitrogens with zero attached hydrogens (tertiary/aromatic N) is 1. The number of para-hydroxylation sites is 2. The summed E-state index contributed by atoms with van der Waals surface area (Å²) in [5, 5.41) is 1.10. The summed E-state index contributed by atoms with van der Waals surface area (Å²) >= 11 is 0. The summed E-state index contributed by atoms with van der Waals surface area (Å²) in [6, 6.07) is 25.1. The molecular formula is C26H24N4O2. The van der Waals surface area contributed by atoms with Crippen molar-refractivity contribution in [2.75, 3.05) is 12.0 Å². The van der Waals surface area contributed by atoms with Gasteiger partial charge in [-0.25, -0.2) is 0 Å². The van der Waals surface area contributed by atoms with Gasteiger partial charge in [0.25, 0.3) is 5.91 Å². The van der Waals surface area contributed by atoms with Crippen molar-refractivity contribution in [1.82, 2.24) is 15.3 Å². The molecule has 0 saturated carbocycles. The molecule has 6 nitrogen and oxygen atoms in total. The number of aromatic nitrogens is 1. The first-order valence-corrected chi connectivity index (χ1v) is 10.7. The van der Waals surface area contributed by atoms with E-state index in [0.29, 0.717) is 12.1 Å². The number of carbonyl (C=O) groups is 2. The lowest BCUT2D eigenvalue weighted by Crippen LogP contribution is -2.35. The van der Waals surface area contributed by atoms with Crippen LogP contribution >= 0.6 is 0 Å². The molecule has 160 valence electrons. The van der Waals surface area contributed by atoms with Crippen LogP contribution in [0.4, 0.5) is 5.69 Å². The molecular weight excluding hydrogens is 400 g/mol. The van der Waals surface area contributed by atoms with Gasteiger partial charge in [0, 0.05) is 40.7 Å². The van der Waals surface area contributed by atoms with Gasteiger partial charge in [0.2, 0.25) is 5.91 Å². The third-order valence-electron chi connectivity index (χ3n) is 5.97. The summed E-state index contributed by atoms with van der Waals surface area (Å²) in [5.74, 6) is -0.217. The quantitative estimate of drug-likeness (QED) is 0.397. The summed E-state index contributed by atoms with van der Waals surface area (Å²) in [4.78, 5) is 31.1. The van der Waals surface area contributed by atoms with Crippen molar-refractivity contribution in [3.63, 3.8) is 0 Å². The average molecular weight is 425 g/mol. The van der Waals surface area contributed by atoms with Crippen molar-refractivity contribution in [1.29, 1.82) is 0 Å². The van der Waals surface area contributed by atoms with E-state index < -0.39 is 0 Å². The van der Waals surface area contributed by atoms with E-state index in [1.54, 1.807) is 0 Å². The number of carbonyl (C=O) groups excluding carboxylic acids is 2. The van der Waals surface area contributed by atoms with Crippen molar-refractivity contribution in [3.05, 3.63) is 101 Å². The van der Waals surface area contributed by atoms with Crippen molar-refractivity contribution in [3.8, 4) is 0 Å². The largest absolute Gasteiger partial charge is 0.358 e. The molecule has 0 bridgehead atoms. The second-order valence-electron chi connectivity index (χ2n) is 7.99. The second kappa shape index (κ2) is 8.23. The fourth-order valence-electron chi connectivity index (χ4n) is 4.51. The SMILES string of the molecule is Cc1[nH]c2ccccc2c1[C@@H]1c2ccccc2C(=O)N1CCC(=O)NNc1ccccc1. The van der Waals surface area contributed by atoms with Gasteiger partial charge in [-0.05, 0) is 36.8 Å². The van der Waals surface area contributed by atoms with Gasteiger partial charge < -0.3 is 9.88 Å². The van der Waals surface area contributed by atoms with Crippen molar-refractivity contribution in [2.24, 2.45) is 0 Å². The van der Waals surface area contributed by atoms with Crippen LogP contribution in [0.3, 0.4) is 0 Å². The number of H-pyrrole nitrogens is 1. The van der Waals surface area contributed by atoms with Crippen LogP contribution in [0.15, 0.2) is 78.9 Å². The van der Waals surface area contributed by atoms with E-state index in [-0.39, 0.29) is 24.3 Å². The summed E-state index contributed by atoms with van der Waals surface area (Å²) in [5.41, 5.74) is 11.3. The molecule has 6 heteroatoms. The lowest BCUT2D eigenvalue weighted by atomic mass is 9.95. The Morgan fingerprint density at radius 1 is 0.969 bits per heavy atom. The van der Waals surface area contributed by atoms with Gasteiger partial charge in [-0.2, -0.15) is 0 Å². The van der Waals surface area contributed by atoms with Crippen molar-refractivity contribution >= 4 is 28.4 Å². The number of hydrazine groups is 1. The van der Waals surface area contributed by atoms with Gasteiger partial charge in [-0.15, -0.1) is 0 Å². The van der Waals surface area contributed by atoms with Gasteiger partial charge >= 0.3 is 0 Å². The maximum absolute atomic E-state index is 13.3. The fourth-order valence-corrected chi connectivity index (χ4v) is 4.51. The normalized spacial score (nSPS) is 15.1. The summed E-state index contributed by atoms with van der Waals surface area (Å²) in [6.07, 6.45) is 0.192. The number of benzene rings is 3. The first kappa shape index (κ1) is 19.9. The Labute approximate surface area is 186 Å². The highest BCUT2D eigenvalue weighted by Gasteiger charge is 2.39. The van der Waals surface area contributed by atoms with Crippen LogP contribution < -0.4 is 10.9 Å². The van der Waals surface area contributed by atoms with E-state index in [9.17, 15) is 9.59 Å². The zero-order valence-electron chi connectivity index (χ0n) is 17.8. The molecule has 0 aliphatic carbocycles. The molecule has 1 aliphatic heterocycles. The Kier molecular flexibility index (Phi) is 5.11. The highest BCUT2D eigenvalue weighted by atomic mass is 16.2. The van der Waals surface area contributed by atoms with Crippen LogP contribution in [0.5, 0.6) is 0 Å². The smallest absolute Gasteiger partial charge is 0.255 e. The number of rotatable bonds is 6. The van der Waals surface area contributed by atoms with Gasteiger partial charge in [0.05, 0.1) is 11.7 Å². The van der Waals surface area contributed by atoms with E-state index >= 15 is 0 Å². The third-order valence-corrected chi connectivity index (χ3v) is 5.97. The highest BCUT2D eigenvalue weighted by Crippen LogP contribution is 2.42. The van der Waals surface area contributed by atoms with Gasteiger partial charge in [0.1, 0.15) is 0 Å². The Morgan fingerprint density at radius 3 is 2.53 bits per heavy atom. The second-order valence-corrected chi connectivity index (χ2v) is 7.99. The van der Waals surface area contributed by atoms with E-state index in [1.807, 2.05) is 84.6 Å². The molecule has 0 radical (unpaired) electrons. The lowest BCUT2D eigenvalue weighted by molar-refractivity contribution is -0.120. The molecule has 0 saturated heterocycles. The molecule has 2 heterocycles. The predicted molar refractivity (Wildman–Crippen MR) is 125 cm³/mol. The van der Waals surface area contributed by atoms with Crippen LogP contribution in [-0.2, 0) is 4.79 Å². The molecule has 4 aromatic rings. The Hall–Kier alpha value is -4.06. The maximum atomic E-state index is 13.3. The van der Waals surface area contributed by atoms with Crippen LogP contribution in [0.1, 0.15) is 39.6 Å². The zero-order valence-corrected chi connectivity index (χ0v) is 17.8. The molecule has 5 rings (SSSR count). The third kappa shape index (κ3) is 3.50. The maximum Gasteiger partial charge on any atom is 0.255 e. The number of fused-ring (bicyclic) bond motifs is 2. The number of anilines is 1. The minimum atomic E-state index is -0.232. The van der Waals surface area contributed by atoms with Gasteiger partial charge in [-0.3, -0.25) is 20.4 Å². The van der Waals surface area contributed by atoms with E-state index in [2.05, 4.69) is 21.9 Å². The minimum absolute atomic E-state index is 0.0425. The van der Waals surface area contributed by atoms with Gasteiger partial charge in [0.15, 0.2) is 0 Å². The molecule has 3 N–H and O–H groups in total. The summed E-state index contributed by atoms with van der Waals surface area (Å²) in [6.45, 7) is 2.36. The number of aryl methyl sites for hydroxylation is 1. The molecule has 1 aromatic heterocycles. The van der Waals surface area contributed by atoms with Gasteiger partial charge in [-0.1, -0.05) is 54.6 Å². The van der Waals surface area contributed by atoms with Crippen LogP contribution in [-0.4, -0.2) is 28.2 Å². The zero-order chi connectivity index (χ0) is 22.1. The highest BCUT2D eigenvalue weighted by molar-refractivity contribution is 6.01. The molecule has 2 amide bonds. The van der Waals surface area contributed by atoms with E-state index in [0.717, 1.165) is 33.4 Å². The van der Waals surface area contributed by atoms with Crippen LogP contribution in [0.25, 0.3) is 10.9 Å². The van der Waals surface area contributed by atoms with Crippen LogP contribution in [0.2, 0.25) is 0 Å². The number of hydrogen-bond donors (Lipinski definition) is 3. The first-order chi connectivity index (χ1) is 15.6. The Morgan fingerprint density at radius 2 is 1.69 bits per heavy atom. The fraction of sp³-hybridized carbons (Fsp3) is 0.154. The van der Waals surface area contributed by atoms with E-state index in [1.165, 1.54) is 0 Å². The first-order valence-electron chi connectivity index (χ1n) is 10.7. The van der Waals surface area contributed by atoms with Crippen LogP contribution in [0, 0.1) is 6.92 Å². The molecule has 0 fully saturated rings.